The second kappa shape index (κ2) is 4.25. The minimum absolute atomic E-state index is 0.314. The van der Waals surface area contributed by atoms with Gasteiger partial charge in [-0.3, -0.25) is 14.6 Å². The molecule has 0 saturated carbocycles. The molecule has 0 aromatic rings. The Bertz CT molecular complexity index is 495. The summed E-state index contributed by atoms with van der Waals surface area (Å²) < 4.78 is 6.80. The fraction of sp³-hybridized carbons (Fsp3) is 0.455. The van der Waals surface area contributed by atoms with Gasteiger partial charge >= 0.3 is 12.1 Å². The molecule has 1 fully saturated rings. The summed E-state index contributed by atoms with van der Waals surface area (Å²) in [5, 5.41) is 0. The molecule has 1 unspecified atom stereocenters. The van der Waals surface area contributed by atoms with E-state index in [-0.39, 0.29) is 5.91 Å². The van der Waals surface area contributed by atoms with Gasteiger partial charge in [0.05, 0.1) is 7.11 Å². The minimum Gasteiger partial charge on any atom is -0.432 e. The Morgan fingerprint density at radius 2 is 2.11 bits per heavy atom. The number of rotatable bonds is 2. The number of hydrogen-bond donors (Lipinski definition) is 0. The van der Waals surface area contributed by atoms with Crippen LogP contribution >= 0.6 is 0 Å². The lowest BCUT2D eigenvalue weighted by atomic mass is 10.1. The SMILES string of the molecule is C=CC[N+]1=C(OC)N=C2C1C(=O)N(C)C(=O)N2C. The third-order valence-corrected chi connectivity index (χ3v) is 3.00. The highest BCUT2D eigenvalue weighted by atomic mass is 16.5. The Kier molecular flexibility index (Phi) is 2.90. The minimum atomic E-state index is -0.620. The van der Waals surface area contributed by atoms with Crippen LogP contribution < -0.4 is 0 Å². The normalized spacial score (nSPS) is 23.3. The quantitative estimate of drug-likeness (QED) is 0.490. The smallest absolute Gasteiger partial charge is 0.432 e. The van der Waals surface area contributed by atoms with E-state index in [2.05, 4.69) is 11.6 Å². The van der Waals surface area contributed by atoms with Crippen molar-refractivity contribution in [2.24, 2.45) is 4.99 Å². The number of aliphatic imine (C=N–C) groups is 1. The number of amides is 3. The molecule has 18 heavy (non-hydrogen) atoms. The van der Waals surface area contributed by atoms with Crippen LogP contribution in [0.2, 0.25) is 0 Å². The van der Waals surface area contributed by atoms with Crippen LogP contribution in [0, 0.1) is 0 Å². The third kappa shape index (κ3) is 1.51. The van der Waals surface area contributed by atoms with Crippen molar-refractivity contribution in [3.05, 3.63) is 12.7 Å². The summed E-state index contributed by atoms with van der Waals surface area (Å²) in [6.45, 7) is 4.06. The summed E-state index contributed by atoms with van der Waals surface area (Å²) in [5.41, 5.74) is 0. The van der Waals surface area contributed by atoms with Gasteiger partial charge in [-0.25, -0.2) is 4.79 Å². The maximum absolute atomic E-state index is 12.2. The highest BCUT2D eigenvalue weighted by Gasteiger charge is 2.53. The average molecular weight is 251 g/mol. The van der Waals surface area contributed by atoms with Crippen molar-refractivity contribution in [3.63, 3.8) is 0 Å². The lowest BCUT2D eigenvalue weighted by molar-refractivity contribution is -0.533. The van der Waals surface area contributed by atoms with Gasteiger partial charge in [0.2, 0.25) is 0 Å². The van der Waals surface area contributed by atoms with E-state index in [1.54, 1.807) is 17.7 Å². The van der Waals surface area contributed by atoms with Crippen molar-refractivity contribution in [2.45, 2.75) is 6.04 Å². The van der Waals surface area contributed by atoms with Gasteiger partial charge in [0, 0.05) is 19.1 Å². The highest BCUT2D eigenvalue weighted by molar-refractivity contribution is 6.22. The van der Waals surface area contributed by atoms with Crippen LogP contribution in [0.3, 0.4) is 0 Å². The van der Waals surface area contributed by atoms with Crippen molar-refractivity contribution < 1.29 is 18.9 Å². The molecule has 3 amide bonds. The molecule has 7 heteroatoms. The number of amidine groups is 2. The van der Waals surface area contributed by atoms with E-state index < -0.39 is 12.1 Å². The van der Waals surface area contributed by atoms with Crippen LogP contribution in [-0.4, -0.2) is 72.0 Å². The molecule has 7 nitrogen and oxygen atoms in total. The van der Waals surface area contributed by atoms with Gasteiger partial charge in [-0.05, 0) is 0 Å². The Morgan fingerprint density at radius 3 is 2.67 bits per heavy atom. The van der Waals surface area contributed by atoms with E-state index >= 15 is 0 Å². The predicted octanol–water partition coefficient (Wildman–Crippen LogP) is -0.508. The molecule has 2 heterocycles. The molecule has 0 radical (unpaired) electrons. The fourth-order valence-corrected chi connectivity index (χ4v) is 2.06. The fourth-order valence-electron chi connectivity index (χ4n) is 2.06. The largest absolute Gasteiger partial charge is 0.496 e. The average Bonchev–Trinajstić information content (AvgIpc) is 2.73. The Hall–Kier alpha value is -2.18. The first kappa shape index (κ1) is 12.3. The van der Waals surface area contributed by atoms with Crippen LogP contribution in [0.25, 0.3) is 0 Å². The number of carbonyl (C=O) groups excluding carboxylic acids is 2. The molecule has 0 bridgehead atoms. The molecule has 0 N–H and O–H groups in total. The number of methoxy groups -OCH3 is 1. The summed E-state index contributed by atoms with van der Waals surface area (Å²) in [7, 11) is 4.51. The van der Waals surface area contributed by atoms with E-state index in [1.807, 2.05) is 0 Å². The van der Waals surface area contributed by atoms with Gasteiger partial charge in [-0.1, -0.05) is 12.7 Å². The van der Waals surface area contributed by atoms with Crippen molar-refractivity contribution >= 4 is 23.8 Å². The van der Waals surface area contributed by atoms with E-state index in [0.29, 0.717) is 18.4 Å². The van der Waals surface area contributed by atoms with Crippen molar-refractivity contribution in [3.8, 4) is 0 Å². The van der Waals surface area contributed by atoms with Crippen LogP contribution in [0.4, 0.5) is 4.79 Å². The van der Waals surface area contributed by atoms with Gasteiger partial charge in [0.1, 0.15) is 6.54 Å². The summed E-state index contributed by atoms with van der Waals surface area (Å²) in [6, 6.07) is -0.699. The third-order valence-electron chi connectivity index (χ3n) is 3.00. The molecule has 96 valence electrons. The Labute approximate surface area is 105 Å². The summed E-state index contributed by atoms with van der Waals surface area (Å²) >= 11 is 0. The number of carbonyl (C=O) groups is 2. The number of fused-ring (bicyclic) bond motifs is 1. The van der Waals surface area contributed by atoms with E-state index in [1.165, 1.54) is 19.1 Å². The van der Waals surface area contributed by atoms with Crippen LogP contribution in [-0.2, 0) is 9.53 Å². The molecule has 1 saturated heterocycles. The lowest BCUT2D eigenvalue weighted by Crippen LogP contribution is -2.61. The van der Waals surface area contributed by atoms with Gasteiger partial charge in [0.25, 0.3) is 17.8 Å². The molecule has 2 aliphatic rings. The Balaban J connectivity index is 2.47. The maximum Gasteiger partial charge on any atom is 0.496 e. The number of ether oxygens (including phenoxy) is 1. The highest BCUT2D eigenvalue weighted by Crippen LogP contribution is 2.18. The zero-order valence-electron chi connectivity index (χ0n) is 10.6. The van der Waals surface area contributed by atoms with Crippen LogP contribution in [0.1, 0.15) is 0 Å². The van der Waals surface area contributed by atoms with Crippen molar-refractivity contribution in [1.29, 1.82) is 0 Å². The lowest BCUT2D eigenvalue weighted by Gasteiger charge is -2.30. The van der Waals surface area contributed by atoms with Crippen LogP contribution in [0.15, 0.2) is 17.6 Å². The van der Waals surface area contributed by atoms with E-state index in [9.17, 15) is 9.59 Å². The monoisotopic (exact) mass is 251 g/mol. The molecule has 2 rings (SSSR count). The first-order valence-corrected chi connectivity index (χ1v) is 5.45. The molecule has 2 aliphatic heterocycles. The second-order valence-corrected chi connectivity index (χ2v) is 4.04. The summed E-state index contributed by atoms with van der Waals surface area (Å²) in [6.07, 6.45) is 1.65. The van der Waals surface area contributed by atoms with E-state index in [4.69, 9.17) is 4.74 Å². The standard InChI is InChI=1S/C11H15N4O3/c1-5-6-15-7-8(12-10(15)18-4)13(2)11(17)14(3)9(7)16/h5,7H,1,6H2,2-4H3/q+1. The molecular weight excluding hydrogens is 236 g/mol. The van der Waals surface area contributed by atoms with Crippen molar-refractivity contribution in [1.82, 2.24) is 9.80 Å². The second-order valence-electron chi connectivity index (χ2n) is 4.04. The van der Waals surface area contributed by atoms with Gasteiger partial charge in [-0.15, -0.1) is 0 Å². The van der Waals surface area contributed by atoms with Gasteiger partial charge in [-0.2, -0.15) is 4.58 Å². The van der Waals surface area contributed by atoms with Gasteiger partial charge < -0.3 is 4.74 Å². The first-order chi connectivity index (χ1) is 8.52. The summed E-state index contributed by atoms with van der Waals surface area (Å²) in [5.74, 6) is 0.0764. The molecule has 0 aliphatic carbocycles. The van der Waals surface area contributed by atoms with Crippen molar-refractivity contribution in [2.75, 3.05) is 27.7 Å². The number of urea groups is 1. The first-order valence-electron chi connectivity index (χ1n) is 5.45. The van der Waals surface area contributed by atoms with E-state index in [0.717, 1.165) is 4.90 Å². The maximum atomic E-state index is 12.2. The molecule has 0 aromatic heterocycles. The summed E-state index contributed by atoms with van der Waals surface area (Å²) in [4.78, 5) is 30.6. The number of hydrogen-bond acceptors (Lipinski definition) is 4. The zero-order valence-corrected chi connectivity index (χ0v) is 10.6. The Morgan fingerprint density at radius 1 is 1.44 bits per heavy atom. The molecule has 0 spiro atoms. The predicted molar refractivity (Wildman–Crippen MR) is 64.5 cm³/mol. The van der Waals surface area contributed by atoms with Gasteiger partial charge in [0.15, 0.2) is 0 Å². The number of nitrogens with zero attached hydrogens (tertiary/aromatic N) is 4. The number of likely N-dealkylation sites (N-methyl/N-ethyl adjacent to an activating group) is 2. The topological polar surface area (TPSA) is 65.2 Å². The zero-order chi connectivity index (χ0) is 13.4. The molecule has 0 aromatic carbocycles. The number of imide groups is 1. The molecular formula is C11H15N4O3+. The molecule has 1 atom stereocenters. The van der Waals surface area contributed by atoms with Crippen LogP contribution in [0.5, 0.6) is 0 Å².